The lowest BCUT2D eigenvalue weighted by atomic mass is 9.85. The van der Waals surface area contributed by atoms with Crippen molar-refractivity contribution < 1.29 is 59.0 Å². The summed E-state index contributed by atoms with van der Waals surface area (Å²) in [5.74, 6) is -0.616. The molecule has 13 nitrogen and oxygen atoms in total. The van der Waals surface area contributed by atoms with Crippen LogP contribution in [-0.4, -0.2) is 108 Å². The van der Waals surface area contributed by atoms with E-state index in [0.29, 0.717) is 19.3 Å². The molecule has 8 atom stereocenters. The van der Waals surface area contributed by atoms with Crippen molar-refractivity contribution >= 4 is 13.7 Å². The molecule has 9 N–H and O–H groups in total. The van der Waals surface area contributed by atoms with Crippen LogP contribution in [0.3, 0.4) is 0 Å². The molecule has 0 radical (unpaired) electrons. The van der Waals surface area contributed by atoms with Gasteiger partial charge in [0, 0.05) is 0 Å². The number of unbranched alkanes of at least 4 members (excludes halogenated alkanes) is 10. The first-order valence-electron chi connectivity index (χ1n) is 18.0. The standard InChI is InChI=1S/C35H64NO12P/c1-3-5-7-9-11-12-13-14-15-17-19-21-23-28(38)27(36-29(39)24-26(37)22-20-18-16-10-8-6-4-2)25-47-49(45,46)48-35-33(43)31(41)30(40)32(42)34(35)44/h9,11,14-15,21,23,26-28,30-35,37-38,40-44H,3-8,10,12-13,16-20,22,24-25H2,1-2H3,(H,36,39)(H,45,46)/b11-9+,15-14+,23-21+. The summed E-state index contributed by atoms with van der Waals surface area (Å²) in [4.78, 5) is 23.1. The maximum absolute atomic E-state index is 12.8. The van der Waals surface area contributed by atoms with E-state index in [0.717, 1.165) is 51.4 Å². The summed E-state index contributed by atoms with van der Waals surface area (Å²) >= 11 is 0. The Morgan fingerprint density at radius 2 is 1.20 bits per heavy atom. The van der Waals surface area contributed by atoms with Gasteiger partial charge in [0.25, 0.3) is 0 Å². The first kappa shape index (κ1) is 45.5. The second kappa shape index (κ2) is 26.3. The number of hydrogen-bond donors (Lipinski definition) is 9. The van der Waals surface area contributed by atoms with Crippen LogP contribution in [0.2, 0.25) is 0 Å². The van der Waals surface area contributed by atoms with Gasteiger partial charge in [0.05, 0.1) is 31.3 Å². The highest BCUT2D eigenvalue weighted by Crippen LogP contribution is 2.47. The van der Waals surface area contributed by atoms with Gasteiger partial charge in [0.1, 0.15) is 36.6 Å². The number of rotatable bonds is 27. The van der Waals surface area contributed by atoms with E-state index in [9.17, 15) is 50.0 Å². The second-order valence-corrected chi connectivity index (χ2v) is 14.3. The molecule has 1 aliphatic rings. The van der Waals surface area contributed by atoms with Gasteiger partial charge in [0.2, 0.25) is 5.91 Å². The Balaban J connectivity index is 2.76. The molecule has 1 aliphatic carbocycles. The van der Waals surface area contributed by atoms with Crippen LogP contribution in [0.5, 0.6) is 0 Å². The zero-order valence-electron chi connectivity index (χ0n) is 29.3. The monoisotopic (exact) mass is 721 g/mol. The van der Waals surface area contributed by atoms with Crippen molar-refractivity contribution in [1.82, 2.24) is 5.32 Å². The molecule has 1 saturated carbocycles. The lowest BCUT2D eigenvalue weighted by molar-refractivity contribution is -0.220. The Morgan fingerprint density at radius 1 is 0.714 bits per heavy atom. The van der Waals surface area contributed by atoms with E-state index in [4.69, 9.17) is 9.05 Å². The highest BCUT2D eigenvalue weighted by molar-refractivity contribution is 7.47. The lowest BCUT2D eigenvalue weighted by Crippen LogP contribution is -2.64. The van der Waals surface area contributed by atoms with Gasteiger partial charge in [-0.15, -0.1) is 0 Å². The number of nitrogens with one attached hydrogen (secondary N) is 1. The van der Waals surface area contributed by atoms with Crippen LogP contribution >= 0.6 is 7.82 Å². The molecule has 0 aromatic rings. The van der Waals surface area contributed by atoms with Crippen LogP contribution in [-0.2, 0) is 18.4 Å². The maximum atomic E-state index is 12.8. The van der Waals surface area contributed by atoms with Crippen molar-refractivity contribution in [2.75, 3.05) is 6.61 Å². The molecule has 1 amide bonds. The van der Waals surface area contributed by atoms with E-state index in [1.54, 1.807) is 6.08 Å². The number of carbonyl (C=O) groups excluding carboxylic acids is 1. The molecular weight excluding hydrogens is 657 g/mol. The maximum Gasteiger partial charge on any atom is 0.472 e. The Morgan fingerprint density at radius 3 is 1.78 bits per heavy atom. The van der Waals surface area contributed by atoms with Crippen molar-refractivity contribution in [3.8, 4) is 0 Å². The van der Waals surface area contributed by atoms with Gasteiger partial charge in [-0.2, -0.15) is 0 Å². The normalized spacial score (nSPS) is 26.3. The fourth-order valence-electron chi connectivity index (χ4n) is 5.37. The highest BCUT2D eigenvalue weighted by Gasteiger charge is 2.51. The van der Waals surface area contributed by atoms with Crippen LogP contribution in [0.15, 0.2) is 36.5 Å². The number of allylic oxidation sites excluding steroid dienone is 5. The minimum absolute atomic E-state index is 0.257. The van der Waals surface area contributed by atoms with E-state index < -0.39 is 75.2 Å². The topological polar surface area (TPSA) is 226 Å². The van der Waals surface area contributed by atoms with Crippen molar-refractivity contribution in [2.24, 2.45) is 0 Å². The molecule has 14 heteroatoms. The van der Waals surface area contributed by atoms with E-state index in [-0.39, 0.29) is 6.42 Å². The Kier molecular flexibility index (Phi) is 24.5. The molecule has 0 saturated heterocycles. The molecule has 0 aliphatic heterocycles. The fraction of sp³-hybridized carbons (Fsp3) is 0.800. The minimum Gasteiger partial charge on any atom is -0.393 e. The molecule has 0 aromatic carbocycles. The van der Waals surface area contributed by atoms with Crippen LogP contribution in [0, 0.1) is 0 Å². The zero-order valence-corrected chi connectivity index (χ0v) is 30.2. The summed E-state index contributed by atoms with van der Waals surface area (Å²) < 4.78 is 22.6. The van der Waals surface area contributed by atoms with Crippen LogP contribution in [0.4, 0.5) is 0 Å². The average Bonchev–Trinajstić information content (AvgIpc) is 3.06. The smallest absolute Gasteiger partial charge is 0.393 e. The molecule has 0 bridgehead atoms. The fourth-order valence-corrected chi connectivity index (χ4v) is 6.34. The molecule has 49 heavy (non-hydrogen) atoms. The summed E-state index contributed by atoms with van der Waals surface area (Å²) in [6, 6.07) is -1.26. The van der Waals surface area contributed by atoms with Crippen LogP contribution < -0.4 is 5.32 Å². The first-order chi connectivity index (χ1) is 23.3. The number of phosphoric acid groups is 1. The Labute approximate surface area is 292 Å². The molecule has 8 unspecified atom stereocenters. The third-order valence-electron chi connectivity index (χ3n) is 8.46. The average molecular weight is 722 g/mol. The van der Waals surface area contributed by atoms with E-state index in [1.807, 2.05) is 6.08 Å². The van der Waals surface area contributed by atoms with Gasteiger partial charge in [-0.05, 0) is 38.5 Å². The number of hydrogen-bond acceptors (Lipinski definition) is 11. The van der Waals surface area contributed by atoms with Crippen molar-refractivity contribution in [3.63, 3.8) is 0 Å². The first-order valence-corrected chi connectivity index (χ1v) is 19.5. The summed E-state index contributed by atoms with van der Waals surface area (Å²) in [5, 5.41) is 73.7. The van der Waals surface area contributed by atoms with Gasteiger partial charge in [-0.3, -0.25) is 13.8 Å². The van der Waals surface area contributed by atoms with E-state index in [1.165, 1.54) is 31.8 Å². The molecule has 1 rings (SSSR count). The molecule has 286 valence electrons. The van der Waals surface area contributed by atoms with Gasteiger partial charge < -0.3 is 46.0 Å². The quantitative estimate of drug-likeness (QED) is 0.0338. The highest BCUT2D eigenvalue weighted by atomic mass is 31.2. The molecular formula is C35H64NO12P. The van der Waals surface area contributed by atoms with E-state index >= 15 is 0 Å². The number of aliphatic hydroxyl groups is 7. The number of amides is 1. The summed E-state index contributed by atoms with van der Waals surface area (Å²) in [5.41, 5.74) is 0. The molecule has 0 heterocycles. The molecule has 0 aromatic heterocycles. The summed E-state index contributed by atoms with van der Waals surface area (Å²) in [6.45, 7) is 3.56. The van der Waals surface area contributed by atoms with Crippen LogP contribution in [0.25, 0.3) is 0 Å². The van der Waals surface area contributed by atoms with Gasteiger partial charge in [-0.25, -0.2) is 4.57 Å². The van der Waals surface area contributed by atoms with Crippen molar-refractivity contribution in [1.29, 1.82) is 0 Å². The third kappa shape index (κ3) is 19.6. The number of phosphoric ester groups is 1. The summed E-state index contributed by atoms with van der Waals surface area (Å²) in [6.07, 6.45) is 11.5. The second-order valence-electron chi connectivity index (χ2n) is 12.9. The summed E-state index contributed by atoms with van der Waals surface area (Å²) in [7, 11) is -5.13. The molecule has 0 spiro atoms. The number of carbonyl (C=O) groups is 1. The van der Waals surface area contributed by atoms with Gasteiger partial charge >= 0.3 is 7.82 Å². The predicted molar refractivity (Wildman–Crippen MR) is 187 cm³/mol. The van der Waals surface area contributed by atoms with Crippen molar-refractivity contribution in [2.45, 2.75) is 171 Å². The van der Waals surface area contributed by atoms with Crippen LogP contribution in [0.1, 0.15) is 117 Å². The lowest BCUT2D eigenvalue weighted by Gasteiger charge is -2.41. The third-order valence-corrected chi connectivity index (χ3v) is 9.44. The zero-order chi connectivity index (χ0) is 36.7. The predicted octanol–water partition coefficient (Wildman–Crippen LogP) is 3.46. The van der Waals surface area contributed by atoms with Gasteiger partial charge in [-0.1, -0.05) is 108 Å². The Hall–Kier alpha value is -1.48. The minimum atomic E-state index is -5.13. The Bertz CT molecular complexity index is 995. The molecule has 1 fully saturated rings. The van der Waals surface area contributed by atoms with E-state index in [2.05, 4.69) is 37.4 Å². The largest absolute Gasteiger partial charge is 0.472 e. The van der Waals surface area contributed by atoms with Crippen molar-refractivity contribution in [3.05, 3.63) is 36.5 Å². The number of aliphatic hydroxyl groups excluding tert-OH is 7. The SMILES string of the molecule is CCCC/C=C/CC/C=C/CC/C=C/C(O)C(COP(=O)(O)OC1C(O)C(O)C(O)C(O)C1O)NC(=O)CC(O)CCCCCCCCC. The van der Waals surface area contributed by atoms with Gasteiger partial charge in [0.15, 0.2) is 0 Å².